The first kappa shape index (κ1) is 14.1. The van der Waals surface area contributed by atoms with E-state index in [0.29, 0.717) is 0 Å². The average molecular weight is 284 g/mol. The summed E-state index contributed by atoms with van der Waals surface area (Å²) in [4.78, 5) is 12.2. The molecule has 2 atom stereocenters. The SMILES string of the molecule is COC(=O)[C@@H](c1ccc2ccccc2c1)[C@@H]1CCCCO1. The van der Waals surface area contributed by atoms with Gasteiger partial charge in [0.1, 0.15) is 5.92 Å². The van der Waals surface area contributed by atoms with Gasteiger partial charge in [-0.1, -0.05) is 42.5 Å². The van der Waals surface area contributed by atoms with Crippen molar-refractivity contribution in [2.24, 2.45) is 0 Å². The molecular weight excluding hydrogens is 264 g/mol. The number of methoxy groups -OCH3 is 1. The quantitative estimate of drug-likeness (QED) is 0.807. The van der Waals surface area contributed by atoms with Gasteiger partial charge in [-0.05, 0) is 35.6 Å². The molecule has 3 heteroatoms. The molecule has 0 N–H and O–H groups in total. The lowest BCUT2D eigenvalue weighted by Gasteiger charge is -2.29. The van der Waals surface area contributed by atoms with Crippen LogP contribution >= 0.6 is 0 Å². The largest absolute Gasteiger partial charge is 0.468 e. The zero-order valence-electron chi connectivity index (χ0n) is 12.2. The molecule has 0 unspecified atom stereocenters. The third-order valence-electron chi connectivity index (χ3n) is 4.17. The van der Waals surface area contributed by atoms with Crippen molar-refractivity contribution in [3.05, 3.63) is 48.0 Å². The predicted octanol–water partition coefficient (Wildman–Crippen LogP) is 3.67. The van der Waals surface area contributed by atoms with Crippen LogP contribution in [0.25, 0.3) is 10.8 Å². The summed E-state index contributed by atoms with van der Waals surface area (Å²) >= 11 is 0. The van der Waals surface area contributed by atoms with E-state index in [4.69, 9.17) is 9.47 Å². The number of rotatable bonds is 3. The van der Waals surface area contributed by atoms with Crippen LogP contribution in [0.1, 0.15) is 30.7 Å². The van der Waals surface area contributed by atoms with Gasteiger partial charge in [-0.25, -0.2) is 0 Å². The van der Waals surface area contributed by atoms with Crippen LogP contribution < -0.4 is 0 Å². The molecule has 0 amide bonds. The van der Waals surface area contributed by atoms with Gasteiger partial charge in [0.2, 0.25) is 0 Å². The van der Waals surface area contributed by atoms with Gasteiger partial charge >= 0.3 is 5.97 Å². The third kappa shape index (κ3) is 2.93. The molecule has 110 valence electrons. The zero-order chi connectivity index (χ0) is 14.7. The highest BCUT2D eigenvalue weighted by atomic mass is 16.5. The smallest absolute Gasteiger partial charge is 0.315 e. The van der Waals surface area contributed by atoms with Gasteiger partial charge < -0.3 is 9.47 Å². The molecule has 0 aliphatic carbocycles. The Labute approximate surface area is 124 Å². The minimum absolute atomic E-state index is 0.0765. The Hall–Kier alpha value is -1.87. The van der Waals surface area contributed by atoms with Crippen molar-refractivity contribution in [2.75, 3.05) is 13.7 Å². The molecule has 1 aliphatic rings. The van der Waals surface area contributed by atoms with E-state index in [1.54, 1.807) is 0 Å². The minimum Gasteiger partial charge on any atom is -0.468 e. The molecule has 0 radical (unpaired) electrons. The van der Waals surface area contributed by atoms with Crippen LogP contribution in [0.4, 0.5) is 0 Å². The molecule has 0 aromatic heterocycles. The number of carbonyl (C=O) groups is 1. The Morgan fingerprint density at radius 1 is 1.19 bits per heavy atom. The molecule has 1 aliphatic heterocycles. The number of ether oxygens (including phenoxy) is 2. The van der Waals surface area contributed by atoms with Crippen molar-refractivity contribution < 1.29 is 14.3 Å². The van der Waals surface area contributed by atoms with Crippen molar-refractivity contribution >= 4 is 16.7 Å². The van der Waals surface area contributed by atoms with E-state index >= 15 is 0 Å². The summed E-state index contributed by atoms with van der Waals surface area (Å²) in [6, 6.07) is 14.3. The maximum atomic E-state index is 12.2. The molecule has 21 heavy (non-hydrogen) atoms. The normalized spacial score (nSPS) is 20.1. The molecule has 0 saturated carbocycles. The van der Waals surface area contributed by atoms with E-state index in [9.17, 15) is 4.79 Å². The number of esters is 1. The first-order valence-corrected chi connectivity index (χ1v) is 7.48. The topological polar surface area (TPSA) is 35.5 Å². The number of fused-ring (bicyclic) bond motifs is 1. The highest BCUT2D eigenvalue weighted by molar-refractivity contribution is 5.86. The number of hydrogen-bond acceptors (Lipinski definition) is 3. The number of benzene rings is 2. The highest BCUT2D eigenvalue weighted by Crippen LogP contribution is 2.31. The molecule has 3 rings (SSSR count). The highest BCUT2D eigenvalue weighted by Gasteiger charge is 2.32. The third-order valence-corrected chi connectivity index (χ3v) is 4.17. The van der Waals surface area contributed by atoms with E-state index in [0.717, 1.165) is 36.8 Å². The fourth-order valence-corrected chi connectivity index (χ4v) is 3.06. The maximum absolute atomic E-state index is 12.2. The van der Waals surface area contributed by atoms with Gasteiger partial charge in [0, 0.05) is 6.61 Å². The Bertz CT molecular complexity index is 629. The van der Waals surface area contributed by atoms with Gasteiger partial charge in [0.15, 0.2) is 0 Å². The minimum atomic E-state index is -0.333. The standard InChI is InChI=1S/C18H20O3/c1-20-18(19)17(16-8-4-5-11-21-16)15-10-9-13-6-2-3-7-14(13)12-15/h2-3,6-7,9-10,12,16-17H,4-5,8,11H2,1H3/t16-,17-/m0/s1. The maximum Gasteiger partial charge on any atom is 0.315 e. The average Bonchev–Trinajstić information content (AvgIpc) is 2.56. The second kappa shape index (κ2) is 6.27. The van der Waals surface area contributed by atoms with Crippen molar-refractivity contribution in [2.45, 2.75) is 31.3 Å². The zero-order valence-corrected chi connectivity index (χ0v) is 12.2. The molecule has 2 aromatic rings. The summed E-state index contributed by atoms with van der Waals surface area (Å²) < 4.78 is 10.8. The van der Waals surface area contributed by atoms with E-state index in [2.05, 4.69) is 24.3 Å². The van der Waals surface area contributed by atoms with Crippen LogP contribution in [0.15, 0.2) is 42.5 Å². The molecule has 1 saturated heterocycles. The second-order valence-electron chi connectivity index (χ2n) is 5.51. The van der Waals surface area contributed by atoms with Crippen LogP contribution in [0.2, 0.25) is 0 Å². The van der Waals surface area contributed by atoms with Crippen molar-refractivity contribution in [3.8, 4) is 0 Å². The number of carbonyl (C=O) groups excluding carboxylic acids is 1. The predicted molar refractivity (Wildman–Crippen MR) is 82.3 cm³/mol. The van der Waals surface area contributed by atoms with Crippen molar-refractivity contribution in [1.82, 2.24) is 0 Å². The van der Waals surface area contributed by atoms with Crippen LogP contribution in [0, 0.1) is 0 Å². The second-order valence-corrected chi connectivity index (χ2v) is 5.51. The summed E-state index contributed by atoms with van der Waals surface area (Å²) in [5.74, 6) is -0.544. The number of hydrogen-bond donors (Lipinski definition) is 0. The van der Waals surface area contributed by atoms with Crippen LogP contribution in [0.3, 0.4) is 0 Å². The molecule has 3 nitrogen and oxygen atoms in total. The van der Waals surface area contributed by atoms with Crippen LogP contribution in [-0.2, 0) is 14.3 Å². The molecule has 0 bridgehead atoms. The molecule has 1 heterocycles. The van der Waals surface area contributed by atoms with E-state index < -0.39 is 0 Å². The Balaban J connectivity index is 1.98. The summed E-state index contributed by atoms with van der Waals surface area (Å²) in [7, 11) is 1.44. The van der Waals surface area contributed by atoms with Crippen LogP contribution in [0.5, 0.6) is 0 Å². The van der Waals surface area contributed by atoms with Gasteiger partial charge in [-0.15, -0.1) is 0 Å². The molecule has 2 aromatic carbocycles. The molecule has 1 fully saturated rings. The lowest BCUT2D eigenvalue weighted by molar-refractivity contribution is -0.147. The van der Waals surface area contributed by atoms with E-state index in [1.807, 2.05) is 18.2 Å². The Morgan fingerprint density at radius 2 is 2.00 bits per heavy atom. The summed E-state index contributed by atoms with van der Waals surface area (Å²) in [6.45, 7) is 0.728. The fraction of sp³-hybridized carbons (Fsp3) is 0.389. The summed E-state index contributed by atoms with van der Waals surface area (Å²) in [5, 5.41) is 2.31. The first-order valence-electron chi connectivity index (χ1n) is 7.48. The Morgan fingerprint density at radius 3 is 2.71 bits per heavy atom. The summed E-state index contributed by atoms with van der Waals surface area (Å²) in [5.41, 5.74) is 0.979. The lowest BCUT2D eigenvalue weighted by atomic mass is 9.88. The van der Waals surface area contributed by atoms with Crippen LogP contribution in [-0.4, -0.2) is 25.8 Å². The first-order chi connectivity index (χ1) is 10.3. The van der Waals surface area contributed by atoms with Crippen molar-refractivity contribution in [3.63, 3.8) is 0 Å². The lowest BCUT2D eigenvalue weighted by Crippen LogP contribution is -2.32. The Kier molecular flexibility index (Phi) is 4.20. The van der Waals surface area contributed by atoms with Gasteiger partial charge in [0.25, 0.3) is 0 Å². The van der Waals surface area contributed by atoms with Gasteiger partial charge in [-0.3, -0.25) is 4.79 Å². The monoisotopic (exact) mass is 284 g/mol. The van der Waals surface area contributed by atoms with E-state index in [-0.39, 0.29) is 18.0 Å². The van der Waals surface area contributed by atoms with Gasteiger partial charge in [-0.2, -0.15) is 0 Å². The van der Waals surface area contributed by atoms with Gasteiger partial charge in [0.05, 0.1) is 13.2 Å². The van der Waals surface area contributed by atoms with E-state index in [1.165, 1.54) is 12.5 Å². The molecular formula is C18H20O3. The molecule has 0 spiro atoms. The van der Waals surface area contributed by atoms with Crippen molar-refractivity contribution in [1.29, 1.82) is 0 Å². The summed E-state index contributed by atoms with van der Waals surface area (Å²) in [6.07, 6.45) is 3.01. The fourth-order valence-electron chi connectivity index (χ4n) is 3.06.